The second kappa shape index (κ2) is 11.8. The van der Waals surface area contributed by atoms with E-state index in [0.29, 0.717) is 50.0 Å². The highest BCUT2D eigenvalue weighted by molar-refractivity contribution is 7.89. The van der Waals surface area contributed by atoms with Crippen LogP contribution in [0.5, 0.6) is 11.5 Å². The molecule has 0 unspecified atom stereocenters. The molecule has 1 amide bonds. The minimum Gasteiger partial charge on any atom is -0.489 e. The summed E-state index contributed by atoms with van der Waals surface area (Å²) >= 11 is 0. The molecule has 4 rings (SSSR count). The Morgan fingerprint density at radius 3 is 2.20 bits per heavy atom. The number of carbonyl (C=O) groups is 1. The fraction of sp³-hybridized carbons (Fsp3) is 0.269. The molecule has 0 spiro atoms. The Balaban J connectivity index is 1.27. The number of morpholine rings is 1. The molecule has 1 N–H and O–H groups in total. The SMILES string of the molecule is O=C(COc1ccc(OCc2ccccc2)cc1)NCc1ccccc1S(=O)(=O)N1CCOCC1. The molecule has 3 aromatic rings. The third-order valence-corrected chi connectivity index (χ3v) is 7.48. The molecule has 8 nitrogen and oxygen atoms in total. The minimum atomic E-state index is -3.66. The summed E-state index contributed by atoms with van der Waals surface area (Å²) in [5, 5.41) is 2.74. The Morgan fingerprint density at radius 1 is 0.857 bits per heavy atom. The molecule has 0 aliphatic carbocycles. The van der Waals surface area contributed by atoms with Crippen LogP contribution in [0.15, 0.2) is 83.8 Å². The van der Waals surface area contributed by atoms with Gasteiger partial charge in [0.05, 0.1) is 18.1 Å². The van der Waals surface area contributed by atoms with E-state index in [1.807, 2.05) is 30.3 Å². The van der Waals surface area contributed by atoms with E-state index in [2.05, 4.69) is 5.32 Å². The van der Waals surface area contributed by atoms with Gasteiger partial charge in [-0.05, 0) is 41.5 Å². The van der Waals surface area contributed by atoms with Gasteiger partial charge in [0.15, 0.2) is 6.61 Å². The van der Waals surface area contributed by atoms with Crippen LogP contribution < -0.4 is 14.8 Å². The van der Waals surface area contributed by atoms with Gasteiger partial charge < -0.3 is 19.5 Å². The number of nitrogens with zero attached hydrogens (tertiary/aromatic N) is 1. The van der Waals surface area contributed by atoms with Crippen molar-refractivity contribution in [3.8, 4) is 11.5 Å². The van der Waals surface area contributed by atoms with Gasteiger partial charge in [0.1, 0.15) is 18.1 Å². The number of nitrogens with one attached hydrogen (secondary N) is 1. The average molecular weight is 497 g/mol. The molecule has 1 heterocycles. The summed E-state index contributed by atoms with van der Waals surface area (Å²) in [5.74, 6) is 0.874. The lowest BCUT2D eigenvalue weighted by Crippen LogP contribution is -2.41. The maximum Gasteiger partial charge on any atom is 0.258 e. The van der Waals surface area contributed by atoms with E-state index in [9.17, 15) is 13.2 Å². The third kappa shape index (κ3) is 6.82. The monoisotopic (exact) mass is 496 g/mol. The molecule has 0 aromatic heterocycles. The third-order valence-electron chi connectivity index (χ3n) is 5.48. The number of hydrogen-bond donors (Lipinski definition) is 1. The lowest BCUT2D eigenvalue weighted by molar-refractivity contribution is -0.123. The van der Waals surface area contributed by atoms with E-state index >= 15 is 0 Å². The Morgan fingerprint density at radius 2 is 1.49 bits per heavy atom. The first-order valence-corrected chi connectivity index (χ1v) is 12.8. The van der Waals surface area contributed by atoms with Crippen LogP contribution in [0, 0.1) is 0 Å². The van der Waals surface area contributed by atoms with Gasteiger partial charge in [-0.15, -0.1) is 0 Å². The molecule has 0 atom stereocenters. The van der Waals surface area contributed by atoms with Crippen molar-refractivity contribution in [2.24, 2.45) is 0 Å². The lowest BCUT2D eigenvalue weighted by atomic mass is 10.2. The van der Waals surface area contributed by atoms with Crippen LogP contribution in [-0.4, -0.2) is 51.5 Å². The van der Waals surface area contributed by atoms with Crippen molar-refractivity contribution in [1.29, 1.82) is 0 Å². The van der Waals surface area contributed by atoms with Gasteiger partial charge in [-0.3, -0.25) is 4.79 Å². The molecular formula is C26H28N2O6S. The fourth-order valence-electron chi connectivity index (χ4n) is 3.59. The van der Waals surface area contributed by atoms with Gasteiger partial charge in [0.2, 0.25) is 10.0 Å². The number of hydrogen-bond acceptors (Lipinski definition) is 6. The van der Waals surface area contributed by atoms with Gasteiger partial charge in [-0.2, -0.15) is 4.31 Å². The number of sulfonamides is 1. The van der Waals surface area contributed by atoms with E-state index in [4.69, 9.17) is 14.2 Å². The molecule has 1 aliphatic rings. The van der Waals surface area contributed by atoms with Crippen molar-refractivity contribution >= 4 is 15.9 Å². The van der Waals surface area contributed by atoms with Crippen LogP contribution in [0.3, 0.4) is 0 Å². The first-order valence-electron chi connectivity index (χ1n) is 11.3. The van der Waals surface area contributed by atoms with Crippen LogP contribution in [0.25, 0.3) is 0 Å². The lowest BCUT2D eigenvalue weighted by Gasteiger charge is -2.27. The second-order valence-corrected chi connectivity index (χ2v) is 9.84. The normalized spacial score (nSPS) is 14.3. The van der Waals surface area contributed by atoms with Crippen molar-refractivity contribution in [2.45, 2.75) is 18.0 Å². The predicted octanol–water partition coefficient (Wildman–Crippen LogP) is 2.98. The predicted molar refractivity (Wildman–Crippen MR) is 131 cm³/mol. The number of amides is 1. The number of rotatable bonds is 10. The van der Waals surface area contributed by atoms with E-state index in [0.717, 1.165) is 5.56 Å². The van der Waals surface area contributed by atoms with Crippen molar-refractivity contribution < 1.29 is 27.4 Å². The van der Waals surface area contributed by atoms with Crippen molar-refractivity contribution in [1.82, 2.24) is 9.62 Å². The quantitative estimate of drug-likeness (QED) is 0.464. The maximum atomic E-state index is 13.0. The summed E-state index contributed by atoms with van der Waals surface area (Å²) in [7, 11) is -3.66. The van der Waals surface area contributed by atoms with E-state index < -0.39 is 10.0 Å². The largest absolute Gasteiger partial charge is 0.489 e. The number of benzene rings is 3. The van der Waals surface area contributed by atoms with E-state index in [1.54, 1.807) is 48.5 Å². The molecular weight excluding hydrogens is 468 g/mol. The van der Waals surface area contributed by atoms with Crippen LogP contribution in [0.1, 0.15) is 11.1 Å². The summed E-state index contributed by atoms with van der Waals surface area (Å²) in [6, 6.07) is 23.6. The maximum absolute atomic E-state index is 13.0. The van der Waals surface area contributed by atoms with Gasteiger partial charge in [-0.25, -0.2) is 8.42 Å². The highest BCUT2D eigenvalue weighted by atomic mass is 32.2. The summed E-state index contributed by atoms with van der Waals surface area (Å²) in [5.41, 5.74) is 1.59. The summed E-state index contributed by atoms with van der Waals surface area (Å²) < 4.78 is 44.1. The molecule has 184 valence electrons. The van der Waals surface area contributed by atoms with Crippen LogP contribution in [0.4, 0.5) is 0 Å². The molecule has 0 saturated carbocycles. The van der Waals surface area contributed by atoms with Gasteiger partial charge >= 0.3 is 0 Å². The molecule has 35 heavy (non-hydrogen) atoms. The molecule has 1 aliphatic heterocycles. The first-order chi connectivity index (χ1) is 17.0. The molecule has 1 saturated heterocycles. The second-order valence-electron chi connectivity index (χ2n) is 7.94. The van der Waals surface area contributed by atoms with Gasteiger partial charge in [0, 0.05) is 19.6 Å². The highest BCUT2D eigenvalue weighted by Crippen LogP contribution is 2.21. The smallest absolute Gasteiger partial charge is 0.258 e. The van der Waals surface area contributed by atoms with Crippen LogP contribution in [0.2, 0.25) is 0 Å². The van der Waals surface area contributed by atoms with Crippen molar-refractivity contribution in [2.75, 3.05) is 32.9 Å². The van der Waals surface area contributed by atoms with E-state index in [-0.39, 0.29) is 24.0 Å². The minimum absolute atomic E-state index is 0.0776. The Hall–Kier alpha value is -3.40. The first kappa shape index (κ1) is 24.7. The molecule has 9 heteroatoms. The Bertz CT molecular complexity index is 1210. The zero-order valence-corrected chi connectivity index (χ0v) is 20.1. The Kier molecular flexibility index (Phi) is 8.36. The van der Waals surface area contributed by atoms with Crippen LogP contribution in [-0.2, 0) is 32.7 Å². The topological polar surface area (TPSA) is 94.2 Å². The summed E-state index contributed by atoms with van der Waals surface area (Å²) in [4.78, 5) is 12.5. The zero-order chi connectivity index (χ0) is 24.5. The van der Waals surface area contributed by atoms with E-state index in [1.165, 1.54) is 4.31 Å². The zero-order valence-electron chi connectivity index (χ0n) is 19.3. The molecule has 3 aromatic carbocycles. The highest BCUT2D eigenvalue weighted by Gasteiger charge is 2.28. The summed E-state index contributed by atoms with van der Waals surface area (Å²) in [6.45, 7) is 1.72. The van der Waals surface area contributed by atoms with Gasteiger partial charge in [-0.1, -0.05) is 48.5 Å². The average Bonchev–Trinajstić information content (AvgIpc) is 2.91. The van der Waals surface area contributed by atoms with Crippen molar-refractivity contribution in [3.05, 3.63) is 90.0 Å². The molecule has 0 radical (unpaired) electrons. The number of carbonyl (C=O) groups excluding carboxylic acids is 1. The Labute approximate surface area is 205 Å². The molecule has 1 fully saturated rings. The number of ether oxygens (including phenoxy) is 3. The molecule has 0 bridgehead atoms. The van der Waals surface area contributed by atoms with Gasteiger partial charge in [0.25, 0.3) is 5.91 Å². The fourth-order valence-corrected chi connectivity index (χ4v) is 5.22. The van der Waals surface area contributed by atoms with Crippen molar-refractivity contribution in [3.63, 3.8) is 0 Å². The van der Waals surface area contributed by atoms with Crippen LogP contribution >= 0.6 is 0 Å². The summed E-state index contributed by atoms with van der Waals surface area (Å²) in [6.07, 6.45) is 0. The standard InChI is InChI=1S/C26H28N2O6S/c29-26(20-34-24-12-10-23(11-13-24)33-19-21-6-2-1-3-7-21)27-18-22-8-4-5-9-25(22)35(30,31)28-14-16-32-17-15-28/h1-13H,14-20H2,(H,27,29).